The van der Waals surface area contributed by atoms with Gasteiger partial charge in [0.2, 0.25) is 0 Å². The van der Waals surface area contributed by atoms with Crippen LogP contribution in [0.5, 0.6) is 11.5 Å². The van der Waals surface area contributed by atoms with Crippen molar-refractivity contribution in [1.82, 2.24) is 30.0 Å². The first-order chi connectivity index (χ1) is 17.1. The van der Waals surface area contributed by atoms with Crippen LogP contribution in [0, 0.1) is 6.92 Å². The topological polar surface area (TPSA) is 112 Å². The fourth-order valence-electron chi connectivity index (χ4n) is 5.04. The number of halogens is 2. The van der Waals surface area contributed by atoms with E-state index in [1.54, 1.807) is 20.5 Å². The lowest BCUT2D eigenvalue weighted by Gasteiger charge is -2.36. The Morgan fingerprint density at radius 1 is 1.16 bits per heavy atom. The highest BCUT2D eigenvalue weighted by molar-refractivity contribution is 6.31. The maximum absolute atomic E-state index is 6.51. The number of aromatic amines is 1. The van der Waals surface area contributed by atoms with Gasteiger partial charge in [-0.1, -0.05) is 23.7 Å². The Kier molecular flexibility index (Phi) is 9.80. The van der Waals surface area contributed by atoms with Crippen LogP contribution < -0.4 is 14.8 Å². The number of nitrogens with one attached hydrogen (secondary N) is 2. The number of imidazole rings is 1. The lowest BCUT2D eigenvalue weighted by atomic mass is 9.91. The fourth-order valence-corrected chi connectivity index (χ4v) is 5.23. The highest BCUT2D eigenvalue weighted by atomic mass is 35.5. The molecule has 2 aromatic carbocycles. The van der Waals surface area contributed by atoms with Crippen molar-refractivity contribution in [1.29, 1.82) is 0 Å². The summed E-state index contributed by atoms with van der Waals surface area (Å²) < 4.78 is 13.8. The van der Waals surface area contributed by atoms with Crippen molar-refractivity contribution >= 4 is 34.9 Å². The molecule has 4 aromatic rings. The van der Waals surface area contributed by atoms with E-state index in [9.17, 15) is 0 Å². The summed E-state index contributed by atoms with van der Waals surface area (Å²) in [5.74, 6) is 1.45. The number of piperazine rings is 1. The van der Waals surface area contributed by atoms with Gasteiger partial charge < -0.3 is 25.3 Å². The van der Waals surface area contributed by atoms with Crippen LogP contribution in [0.1, 0.15) is 28.4 Å². The number of hydrogen-bond acceptors (Lipinski definition) is 6. The Balaban J connectivity index is 0.00000190. The van der Waals surface area contributed by atoms with Gasteiger partial charge in [0.15, 0.2) is 11.5 Å². The molecular weight excluding hydrogens is 515 g/mol. The predicted molar refractivity (Wildman–Crippen MR) is 148 cm³/mol. The number of ether oxygens (including phenoxy) is 2. The largest absolute Gasteiger partial charge is 0.493 e. The van der Waals surface area contributed by atoms with Gasteiger partial charge >= 0.3 is 0 Å². The van der Waals surface area contributed by atoms with Crippen molar-refractivity contribution in [2.45, 2.75) is 25.9 Å². The first-order valence-electron chi connectivity index (χ1n) is 11.9. The normalized spacial score (nSPS) is 14.6. The van der Waals surface area contributed by atoms with Crippen LogP contribution in [-0.4, -0.2) is 70.5 Å². The van der Waals surface area contributed by atoms with Crippen LogP contribution in [0.2, 0.25) is 5.02 Å². The number of H-pyrrole nitrogens is 1. The summed E-state index contributed by atoms with van der Waals surface area (Å²) in [6.07, 6.45) is 6.32. The molecule has 1 aliphatic heterocycles. The fraction of sp³-hybridized carbons (Fsp3) is 0.385. The Hall–Kier alpha value is -2.82. The highest BCUT2D eigenvalue weighted by Gasteiger charge is 2.31. The molecule has 1 aliphatic rings. The van der Waals surface area contributed by atoms with E-state index in [2.05, 4.69) is 33.2 Å². The van der Waals surface area contributed by atoms with Gasteiger partial charge in [0.1, 0.15) is 0 Å². The van der Waals surface area contributed by atoms with Gasteiger partial charge in [-0.2, -0.15) is 5.10 Å². The zero-order chi connectivity index (χ0) is 24.4. The molecule has 0 bridgehead atoms. The quantitative estimate of drug-likeness (QED) is 0.348. The first kappa shape index (κ1) is 28.7. The van der Waals surface area contributed by atoms with Gasteiger partial charge in [-0.05, 0) is 30.5 Å². The number of benzene rings is 2. The van der Waals surface area contributed by atoms with E-state index < -0.39 is 0 Å². The molecular formula is C26H34Cl2N6O3. The molecule has 5 rings (SSSR count). The Bertz CT molecular complexity index is 1310. The molecule has 0 amide bonds. The molecule has 37 heavy (non-hydrogen) atoms. The second-order valence-electron chi connectivity index (χ2n) is 8.85. The summed E-state index contributed by atoms with van der Waals surface area (Å²) in [7, 11) is 3.39. The maximum atomic E-state index is 6.51. The predicted octanol–water partition coefficient (Wildman–Crippen LogP) is 3.57. The number of aromatic nitrogens is 4. The molecule has 0 spiro atoms. The van der Waals surface area contributed by atoms with E-state index in [0.717, 1.165) is 71.1 Å². The van der Waals surface area contributed by atoms with E-state index in [0.29, 0.717) is 12.3 Å². The van der Waals surface area contributed by atoms with Crippen molar-refractivity contribution in [3.8, 4) is 11.5 Å². The molecule has 1 unspecified atom stereocenters. The average molecular weight is 550 g/mol. The van der Waals surface area contributed by atoms with Gasteiger partial charge in [-0.15, -0.1) is 12.4 Å². The van der Waals surface area contributed by atoms with Crippen LogP contribution in [0.3, 0.4) is 0 Å². The number of rotatable bonds is 8. The zero-order valence-corrected chi connectivity index (χ0v) is 22.8. The average Bonchev–Trinajstić information content (AvgIpc) is 3.55. The standard InChI is InChI=1S/C26H31ClN6O2.ClH.H2O/c1-17-18(5-4-6-21(17)27)11-23(32-9-7-28-8-10-32)25-20-14-31-33(15-19-13-29-16-30-19)22(20)12-24(34-2)26(25)35-3;;/h4-6,12-14,16,23,28H,7-11,15H2,1-3H3,(H,29,30);1H;1H2. The molecule has 9 nitrogen and oxygen atoms in total. The molecule has 1 fully saturated rings. The summed E-state index contributed by atoms with van der Waals surface area (Å²) in [6.45, 7) is 6.42. The second-order valence-corrected chi connectivity index (χ2v) is 9.26. The van der Waals surface area contributed by atoms with Crippen molar-refractivity contribution in [2.75, 3.05) is 40.4 Å². The van der Waals surface area contributed by atoms with Gasteiger partial charge in [0.05, 0.1) is 44.5 Å². The number of fused-ring (bicyclic) bond motifs is 1. The van der Waals surface area contributed by atoms with Crippen LogP contribution in [0.4, 0.5) is 0 Å². The third kappa shape index (κ3) is 5.71. The maximum Gasteiger partial charge on any atom is 0.166 e. The Labute approximate surface area is 227 Å². The van der Waals surface area contributed by atoms with Gasteiger partial charge in [0.25, 0.3) is 0 Å². The van der Waals surface area contributed by atoms with E-state index in [1.807, 2.05) is 35.3 Å². The van der Waals surface area contributed by atoms with Crippen LogP contribution in [0.25, 0.3) is 10.9 Å². The minimum Gasteiger partial charge on any atom is -0.493 e. The lowest BCUT2D eigenvalue weighted by molar-refractivity contribution is 0.170. The van der Waals surface area contributed by atoms with Gasteiger partial charge in [0, 0.05) is 60.5 Å². The zero-order valence-electron chi connectivity index (χ0n) is 21.3. The molecule has 1 atom stereocenters. The smallest absolute Gasteiger partial charge is 0.166 e. The third-order valence-electron chi connectivity index (χ3n) is 6.92. The van der Waals surface area contributed by atoms with Crippen LogP contribution in [0.15, 0.2) is 43.0 Å². The number of nitrogens with zero attached hydrogens (tertiary/aromatic N) is 4. The molecule has 11 heteroatoms. The first-order valence-corrected chi connectivity index (χ1v) is 12.2. The number of methoxy groups -OCH3 is 2. The summed E-state index contributed by atoms with van der Waals surface area (Å²) in [5.41, 5.74) is 5.34. The van der Waals surface area contributed by atoms with E-state index in [4.69, 9.17) is 26.2 Å². The molecule has 200 valence electrons. The summed E-state index contributed by atoms with van der Waals surface area (Å²) >= 11 is 6.51. The monoisotopic (exact) mass is 548 g/mol. The van der Waals surface area contributed by atoms with Crippen LogP contribution in [-0.2, 0) is 13.0 Å². The summed E-state index contributed by atoms with van der Waals surface area (Å²) in [4.78, 5) is 9.93. The minimum atomic E-state index is 0. The van der Waals surface area contributed by atoms with Crippen molar-refractivity contribution < 1.29 is 14.9 Å². The molecule has 0 radical (unpaired) electrons. The molecule has 1 saturated heterocycles. The summed E-state index contributed by atoms with van der Waals surface area (Å²) in [5, 5.41) is 10.1. The molecule has 0 aliphatic carbocycles. The third-order valence-corrected chi connectivity index (χ3v) is 7.33. The van der Waals surface area contributed by atoms with Crippen LogP contribution >= 0.6 is 24.0 Å². The van der Waals surface area contributed by atoms with Gasteiger partial charge in [-0.3, -0.25) is 9.58 Å². The molecule has 0 saturated carbocycles. The second kappa shape index (κ2) is 12.6. The van der Waals surface area contributed by atoms with Crippen molar-refractivity contribution in [3.05, 3.63) is 70.4 Å². The Morgan fingerprint density at radius 3 is 2.62 bits per heavy atom. The van der Waals surface area contributed by atoms with E-state index in [-0.39, 0.29) is 23.9 Å². The molecule has 2 aromatic heterocycles. The highest BCUT2D eigenvalue weighted by Crippen LogP contribution is 2.44. The van der Waals surface area contributed by atoms with E-state index in [1.165, 1.54) is 5.56 Å². The van der Waals surface area contributed by atoms with Crippen molar-refractivity contribution in [2.24, 2.45) is 0 Å². The molecule has 3 heterocycles. The van der Waals surface area contributed by atoms with Gasteiger partial charge in [-0.25, -0.2) is 4.98 Å². The number of hydrogen-bond donors (Lipinski definition) is 2. The van der Waals surface area contributed by atoms with Crippen molar-refractivity contribution in [3.63, 3.8) is 0 Å². The van der Waals surface area contributed by atoms with E-state index >= 15 is 0 Å². The summed E-state index contributed by atoms with van der Waals surface area (Å²) in [6, 6.07) is 8.21. The lowest BCUT2D eigenvalue weighted by Crippen LogP contribution is -2.45. The minimum absolute atomic E-state index is 0. The molecule has 4 N–H and O–H groups in total. The SMILES string of the molecule is COc1cc2c(cnn2Cc2c[nH]cn2)c(C(Cc2cccc(Cl)c2C)N2CCNCC2)c1OC.Cl.O. The Morgan fingerprint density at radius 2 is 1.95 bits per heavy atom.